The van der Waals surface area contributed by atoms with Gasteiger partial charge in [0.2, 0.25) is 10.0 Å². The van der Waals surface area contributed by atoms with Crippen LogP contribution in [0.5, 0.6) is 0 Å². The van der Waals surface area contributed by atoms with Crippen LogP contribution >= 0.6 is 11.3 Å². The Bertz CT molecular complexity index is 845. The van der Waals surface area contributed by atoms with Gasteiger partial charge in [0.25, 0.3) is 0 Å². The number of hydrogen-bond acceptors (Lipinski definition) is 6. The molecule has 24 heavy (non-hydrogen) atoms. The first-order valence-electron chi connectivity index (χ1n) is 7.63. The summed E-state index contributed by atoms with van der Waals surface area (Å²) < 4.78 is 26.9. The summed E-state index contributed by atoms with van der Waals surface area (Å²) in [4.78, 5) is 6.92. The number of piperazine rings is 1. The Labute approximate surface area is 146 Å². The van der Waals surface area contributed by atoms with E-state index < -0.39 is 10.0 Å². The molecule has 0 aliphatic carbocycles. The predicted octanol–water partition coefficient (Wildman–Crippen LogP) is 1.83. The van der Waals surface area contributed by atoms with Crippen LogP contribution in [0.25, 0.3) is 0 Å². The molecule has 6 nitrogen and oxygen atoms in total. The Morgan fingerprint density at radius 1 is 1.21 bits per heavy atom. The highest BCUT2D eigenvalue weighted by molar-refractivity contribution is 7.89. The number of benzene rings is 1. The molecule has 0 unspecified atom stereocenters. The lowest BCUT2D eigenvalue weighted by Crippen LogP contribution is -2.48. The summed E-state index contributed by atoms with van der Waals surface area (Å²) in [6, 6.07) is 8.06. The fourth-order valence-corrected chi connectivity index (χ4v) is 4.88. The maximum absolute atomic E-state index is 12.7. The highest BCUT2D eigenvalue weighted by Crippen LogP contribution is 2.19. The lowest BCUT2D eigenvalue weighted by atomic mass is 10.2. The average molecular weight is 362 g/mol. The third-order valence-electron chi connectivity index (χ3n) is 3.98. The molecule has 0 N–H and O–H groups in total. The molecule has 1 aliphatic rings. The van der Waals surface area contributed by atoms with Crippen LogP contribution in [0.1, 0.15) is 16.3 Å². The van der Waals surface area contributed by atoms with Crippen molar-refractivity contribution in [3.8, 4) is 6.07 Å². The van der Waals surface area contributed by atoms with Crippen LogP contribution in [-0.2, 0) is 16.6 Å². The van der Waals surface area contributed by atoms with Gasteiger partial charge in [0, 0.05) is 37.3 Å². The van der Waals surface area contributed by atoms with Gasteiger partial charge in [-0.25, -0.2) is 13.4 Å². The number of aromatic nitrogens is 1. The Hall–Kier alpha value is -1.79. The highest BCUT2D eigenvalue weighted by Gasteiger charge is 2.28. The lowest BCUT2D eigenvalue weighted by Gasteiger charge is -2.33. The summed E-state index contributed by atoms with van der Waals surface area (Å²) in [5, 5.41) is 11.9. The minimum absolute atomic E-state index is 0.241. The number of sulfonamides is 1. The van der Waals surface area contributed by atoms with Gasteiger partial charge >= 0.3 is 0 Å². The van der Waals surface area contributed by atoms with Gasteiger partial charge in [-0.05, 0) is 31.2 Å². The minimum atomic E-state index is -3.49. The van der Waals surface area contributed by atoms with Gasteiger partial charge < -0.3 is 0 Å². The molecule has 126 valence electrons. The molecule has 2 heterocycles. The SMILES string of the molecule is Cc1csc(CN2CCN(S(=O)(=O)c3ccc(C#N)cc3)CC2)n1. The van der Waals surface area contributed by atoms with Crippen LogP contribution < -0.4 is 0 Å². The van der Waals surface area contributed by atoms with E-state index in [-0.39, 0.29) is 4.90 Å². The first-order chi connectivity index (χ1) is 11.5. The van der Waals surface area contributed by atoms with Gasteiger partial charge in [-0.2, -0.15) is 9.57 Å². The molecule has 1 aliphatic heterocycles. The van der Waals surface area contributed by atoms with Gasteiger partial charge in [0.1, 0.15) is 5.01 Å². The van der Waals surface area contributed by atoms with Crippen molar-refractivity contribution in [2.24, 2.45) is 0 Å². The van der Waals surface area contributed by atoms with Crippen molar-refractivity contribution < 1.29 is 8.42 Å². The van der Waals surface area contributed by atoms with E-state index in [0.717, 1.165) is 17.2 Å². The van der Waals surface area contributed by atoms with Crippen molar-refractivity contribution in [1.29, 1.82) is 5.26 Å². The number of aryl methyl sites for hydroxylation is 1. The molecule has 0 amide bonds. The number of nitrogens with zero attached hydrogens (tertiary/aromatic N) is 4. The topological polar surface area (TPSA) is 77.3 Å². The van der Waals surface area contributed by atoms with E-state index in [1.165, 1.54) is 28.6 Å². The molecule has 3 rings (SSSR count). The lowest BCUT2D eigenvalue weighted by molar-refractivity contribution is 0.181. The summed E-state index contributed by atoms with van der Waals surface area (Å²) in [5.74, 6) is 0. The van der Waals surface area contributed by atoms with E-state index in [1.807, 2.05) is 18.4 Å². The maximum Gasteiger partial charge on any atom is 0.243 e. The zero-order valence-electron chi connectivity index (χ0n) is 13.3. The smallest absolute Gasteiger partial charge is 0.243 e. The van der Waals surface area contributed by atoms with Crippen molar-refractivity contribution in [2.45, 2.75) is 18.4 Å². The van der Waals surface area contributed by atoms with Gasteiger partial charge in [-0.3, -0.25) is 4.90 Å². The second kappa shape index (κ2) is 6.99. The normalized spacial score (nSPS) is 16.8. The van der Waals surface area contributed by atoms with Crippen LogP contribution in [0.3, 0.4) is 0 Å². The van der Waals surface area contributed by atoms with Gasteiger partial charge in [0.05, 0.1) is 23.1 Å². The number of hydrogen-bond donors (Lipinski definition) is 0. The molecule has 1 aromatic carbocycles. The second-order valence-corrected chi connectivity index (χ2v) is 8.58. The maximum atomic E-state index is 12.7. The largest absolute Gasteiger partial charge is 0.294 e. The Balaban J connectivity index is 1.63. The fraction of sp³-hybridized carbons (Fsp3) is 0.375. The second-order valence-electron chi connectivity index (χ2n) is 5.70. The molecule has 0 spiro atoms. The van der Waals surface area contributed by atoms with Crippen LogP contribution in [0.4, 0.5) is 0 Å². The predicted molar refractivity (Wildman–Crippen MR) is 92.0 cm³/mol. The number of rotatable bonds is 4. The van der Waals surface area contributed by atoms with E-state index in [9.17, 15) is 8.42 Å². The quantitative estimate of drug-likeness (QED) is 0.829. The van der Waals surface area contributed by atoms with Crippen molar-refractivity contribution in [3.63, 3.8) is 0 Å². The molecule has 8 heteroatoms. The first kappa shape index (κ1) is 17.0. The summed E-state index contributed by atoms with van der Waals surface area (Å²) >= 11 is 1.64. The molecule has 0 saturated carbocycles. The molecule has 1 fully saturated rings. The average Bonchev–Trinajstić information content (AvgIpc) is 3.00. The molecule has 2 aromatic rings. The van der Waals surface area contributed by atoms with E-state index in [1.54, 1.807) is 11.3 Å². The van der Waals surface area contributed by atoms with Crippen molar-refractivity contribution in [1.82, 2.24) is 14.2 Å². The summed E-state index contributed by atoms with van der Waals surface area (Å²) in [7, 11) is -3.49. The molecule has 0 bridgehead atoms. The molecule has 0 radical (unpaired) electrons. The molecule has 1 saturated heterocycles. The highest BCUT2D eigenvalue weighted by atomic mass is 32.2. The van der Waals surface area contributed by atoms with Crippen LogP contribution in [0.15, 0.2) is 34.5 Å². The van der Waals surface area contributed by atoms with Crippen molar-refractivity contribution >= 4 is 21.4 Å². The van der Waals surface area contributed by atoms with Crippen LogP contribution in [0.2, 0.25) is 0 Å². The molecule has 1 aromatic heterocycles. The molecule has 0 atom stereocenters. The molecular formula is C16H18N4O2S2. The zero-order chi connectivity index (χ0) is 17.2. The van der Waals surface area contributed by atoms with Gasteiger partial charge in [0.15, 0.2) is 0 Å². The van der Waals surface area contributed by atoms with Crippen LogP contribution in [-0.4, -0.2) is 48.8 Å². The van der Waals surface area contributed by atoms with Crippen LogP contribution in [0, 0.1) is 18.3 Å². The van der Waals surface area contributed by atoms with Gasteiger partial charge in [-0.15, -0.1) is 11.3 Å². The zero-order valence-corrected chi connectivity index (χ0v) is 15.0. The van der Waals surface area contributed by atoms with Gasteiger partial charge in [-0.1, -0.05) is 0 Å². The third kappa shape index (κ3) is 3.65. The number of nitriles is 1. The standard InChI is InChI=1S/C16H18N4O2S2/c1-13-12-23-16(18-13)11-19-6-8-20(9-7-19)24(21,22)15-4-2-14(10-17)3-5-15/h2-5,12H,6-9,11H2,1H3. The van der Waals surface area contributed by atoms with E-state index in [4.69, 9.17) is 5.26 Å². The van der Waals surface area contributed by atoms with Crippen molar-refractivity contribution in [3.05, 3.63) is 45.9 Å². The van der Waals surface area contributed by atoms with E-state index in [2.05, 4.69) is 9.88 Å². The Morgan fingerprint density at radius 2 is 1.88 bits per heavy atom. The summed E-state index contributed by atoms with van der Waals surface area (Å²) in [6.07, 6.45) is 0. The minimum Gasteiger partial charge on any atom is -0.294 e. The molecular weight excluding hydrogens is 344 g/mol. The van der Waals surface area contributed by atoms with Crippen molar-refractivity contribution in [2.75, 3.05) is 26.2 Å². The van der Waals surface area contributed by atoms with E-state index in [0.29, 0.717) is 31.7 Å². The fourth-order valence-electron chi connectivity index (χ4n) is 2.65. The summed E-state index contributed by atoms with van der Waals surface area (Å²) in [6.45, 7) is 5.05. The Morgan fingerprint density at radius 3 is 2.42 bits per heavy atom. The van der Waals surface area contributed by atoms with E-state index >= 15 is 0 Å². The number of thiazole rings is 1. The third-order valence-corrected chi connectivity index (χ3v) is 6.84. The Kier molecular flexibility index (Phi) is 4.96. The first-order valence-corrected chi connectivity index (χ1v) is 9.95. The monoisotopic (exact) mass is 362 g/mol. The summed E-state index contributed by atoms with van der Waals surface area (Å²) in [5.41, 5.74) is 1.48.